The highest BCUT2D eigenvalue weighted by Gasteiger charge is 2.17. The first-order valence-corrected chi connectivity index (χ1v) is 6.03. The Morgan fingerprint density at radius 2 is 2.00 bits per heavy atom. The van der Waals surface area contributed by atoms with Crippen molar-refractivity contribution in [3.05, 3.63) is 39.9 Å². The second kappa shape index (κ2) is 6.08. The molecule has 92 valence electrons. The molecule has 0 aliphatic carbocycles. The summed E-state index contributed by atoms with van der Waals surface area (Å²) < 4.78 is 5.02. The summed E-state index contributed by atoms with van der Waals surface area (Å²) in [6.45, 7) is 5.74. The second-order valence-corrected chi connectivity index (χ2v) is 4.38. The second-order valence-electron chi connectivity index (χ2n) is 3.63. The zero-order valence-electron chi connectivity index (χ0n) is 9.85. The molecule has 0 aromatic heterocycles. The normalized spacial score (nSPS) is 10.1. The van der Waals surface area contributed by atoms with Crippen molar-refractivity contribution in [2.75, 3.05) is 7.11 Å². The maximum atomic E-state index is 12.0. The maximum Gasteiger partial charge on any atom is 0.189 e. The first kappa shape index (κ1) is 14.1. The highest BCUT2D eigenvalue weighted by Crippen LogP contribution is 2.35. The molecule has 0 atom stereocenters. The Morgan fingerprint density at radius 3 is 2.53 bits per heavy atom. The predicted octanol–water partition coefficient (Wildman–Crippen LogP) is 4.54. The predicted molar refractivity (Wildman–Crippen MR) is 71.4 cm³/mol. The minimum absolute atomic E-state index is 0.165. The zero-order chi connectivity index (χ0) is 13.0. The van der Waals surface area contributed by atoms with E-state index in [2.05, 4.69) is 6.58 Å². The molecule has 0 spiro atoms. The van der Waals surface area contributed by atoms with Crippen LogP contribution in [0.5, 0.6) is 5.75 Å². The molecule has 0 bridgehead atoms. The van der Waals surface area contributed by atoms with E-state index < -0.39 is 0 Å². The topological polar surface area (TPSA) is 26.3 Å². The Labute approximate surface area is 111 Å². The van der Waals surface area contributed by atoms with Gasteiger partial charge in [0.2, 0.25) is 0 Å². The highest BCUT2D eigenvalue weighted by molar-refractivity contribution is 6.45. The molecule has 0 heterocycles. The summed E-state index contributed by atoms with van der Waals surface area (Å²) in [6.07, 6.45) is 1.52. The summed E-state index contributed by atoms with van der Waals surface area (Å²) in [5, 5.41) is 0.470. The third-order valence-electron chi connectivity index (χ3n) is 2.38. The SMILES string of the molecule is C=C(CCC)C(=O)c1ccc(OC)c(Cl)c1Cl. The molecule has 0 N–H and O–H groups in total. The van der Waals surface area contributed by atoms with Gasteiger partial charge in [-0.1, -0.05) is 43.1 Å². The number of hydrogen-bond donors (Lipinski definition) is 0. The minimum atomic E-state index is -0.165. The van der Waals surface area contributed by atoms with E-state index in [9.17, 15) is 4.79 Å². The molecule has 1 aromatic rings. The van der Waals surface area contributed by atoms with Crippen LogP contribution in [0.3, 0.4) is 0 Å². The molecule has 0 saturated carbocycles. The lowest BCUT2D eigenvalue weighted by molar-refractivity contribution is 0.103. The van der Waals surface area contributed by atoms with Crippen molar-refractivity contribution in [3.8, 4) is 5.75 Å². The molecular formula is C13H14Cl2O2. The van der Waals surface area contributed by atoms with Crippen molar-refractivity contribution in [2.45, 2.75) is 19.8 Å². The fourth-order valence-corrected chi connectivity index (χ4v) is 1.95. The maximum absolute atomic E-state index is 12.0. The number of ketones is 1. The summed E-state index contributed by atoms with van der Waals surface area (Å²) in [5.74, 6) is 0.288. The lowest BCUT2D eigenvalue weighted by atomic mass is 10.0. The fraction of sp³-hybridized carbons (Fsp3) is 0.308. The van der Waals surface area contributed by atoms with Crippen molar-refractivity contribution in [1.29, 1.82) is 0 Å². The summed E-state index contributed by atoms with van der Waals surface area (Å²) in [6, 6.07) is 3.23. The average Bonchev–Trinajstić information content (AvgIpc) is 2.32. The van der Waals surface area contributed by atoms with E-state index in [4.69, 9.17) is 27.9 Å². The summed E-state index contributed by atoms with van der Waals surface area (Å²) in [7, 11) is 1.50. The van der Waals surface area contributed by atoms with Gasteiger partial charge in [-0.3, -0.25) is 4.79 Å². The number of allylic oxidation sites excluding steroid dienone is 1. The molecular weight excluding hydrogens is 259 g/mol. The van der Waals surface area contributed by atoms with Crippen LogP contribution in [0.2, 0.25) is 10.0 Å². The van der Waals surface area contributed by atoms with Gasteiger partial charge < -0.3 is 4.74 Å². The Balaban J connectivity index is 3.12. The highest BCUT2D eigenvalue weighted by atomic mass is 35.5. The minimum Gasteiger partial charge on any atom is -0.495 e. The molecule has 0 unspecified atom stereocenters. The first-order chi connectivity index (χ1) is 8.02. The van der Waals surface area contributed by atoms with E-state index in [1.54, 1.807) is 12.1 Å². The van der Waals surface area contributed by atoms with Crippen LogP contribution in [0.15, 0.2) is 24.3 Å². The molecule has 0 fully saturated rings. The number of benzene rings is 1. The number of rotatable bonds is 5. The Bertz CT molecular complexity index is 453. The fourth-order valence-electron chi connectivity index (χ4n) is 1.47. The van der Waals surface area contributed by atoms with Gasteiger partial charge in [0.05, 0.1) is 12.1 Å². The number of methoxy groups -OCH3 is 1. The van der Waals surface area contributed by atoms with Gasteiger partial charge in [0.25, 0.3) is 0 Å². The molecule has 0 aliphatic heterocycles. The van der Waals surface area contributed by atoms with E-state index in [1.807, 2.05) is 6.92 Å². The summed E-state index contributed by atoms with van der Waals surface area (Å²) in [5.41, 5.74) is 0.909. The van der Waals surface area contributed by atoms with Crippen molar-refractivity contribution in [2.24, 2.45) is 0 Å². The largest absolute Gasteiger partial charge is 0.495 e. The van der Waals surface area contributed by atoms with Crippen molar-refractivity contribution in [1.82, 2.24) is 0 Å². The van der Waals surface area contributed by atoms with E-state index in [1.165, 1.54) is 7.11 Å². The number of carbonyl (C=O) groups is 1. The van der Waals surface area contributed by atoms with Crippen LogP contribution in [0.25, 0.3) is 0 Å². The molecule has 4 heteroatoms. The van der Waals surface area contributed by atoms with Crippen molar-refractivity contribution in [3.63, 3.8) is 0 Å². The van der Waals surface area contributed by atoms with Gasteiger partial charge in [0, 0.05) is 5.56 Å². The Morgan fingerprint density at radius 1 is 1.35 bits per heavy atom. The molecule has 1 aromatic carbocycles. The van der Waals surface area contributed by atoms with Crippen LogP contribution < -0.4 is 4.74 Å². The van der Waals surface area contributed by atoms with E-state index >= 15 is 0 Å². The molecule has 0 aliphatic rings. The van der Waals surface area contributed by atoms with E-state index in [0.29, 0.717) is 23.3 Å². The van der Waals surface area contributed by atoms with Crippen LogP contribution >= 0.6 is 23.2 Å². The monoisotopic (exact) mass is 272 g/mol. The molecule has 0 radical (unpaired) electrons. The molecule has 0 saturated heterocycles. The lowest BCUT2D eigenvalue weighted by Gasteiger charge is -2.09. The van der Waals surface area contributed by atoms with Gasteiger partial charge in [0.1, 0.15) is 10.8 Å². The molecule has 17 heavy (non-hydrogen) atoms. The summed E-state index contributed by atoms with van der Waals surface area (Å²) in [4.78, 5) is 12.0. The molecule has 0 amide bonds. The van der Waals surface area contributed by atoms with E-state index in [0.717, 1.165) is 6.42 Å². The van der Waals surface area contributed by atoms with Crippen LogP contribution in [-0.4, -0.2) is 12.9 Å². The first-order valence-electron chi connectivity index (χ1n) is 5.27. The van der Waals surface area contributed by atoms with Gasteiger partial charge in [-0.05, 0) is 24.1 Å². The average molecular weight is 273 g/mol. The summed E-state index contributed by atoms with van der Waals surface area (Å²) >= 11 is 12.0. The quantitative estimate of drug-likeness (QED) is 0.581. The van der Waals surface area contributed by atoms with Crippen molar-refractivity contribution >= 4 is 29.0 Å². The van der Waals surface area contributed by atoms with Crippen LogP contribution in [-0.2, 0) is 0 Å². The third-order valence-corrected chi connectivity index (χ3v) is 3.25. The van der Waals surface area contributed by atoms with Crippen molar-refractivity contribution < 1.29 is 9.53 Å². The van der Waals surface area contributed by atoms with Gasteiger partial charge in [-0.25, -0.2) is 0 Å². The van der Waals surface area contributed by atoms with Gasteiger partial charge in [0.15, 0.2) is 5.78 Å². The van der Waals surface area contributed by atoms with Gasteiger partial charge in [-0.2, -0.15) is 0 Å². The Hall–Kier alpha value is -0.990. The van der Waals surface area contributed by atoms with Crippen LogP contribution in [0, 0.1) is 0 Å². The van der Waals surface area contributed by atoms with E-state index in [-0.39, 0.29) is 15.8 Å². The standard InChI is InChI=1S/C13H14Cl2O2/c1-4-5-8(2)13(16)9-6-7-10(17-3)12(15)11(9)14/h6-7H,2,4-5H2,1,3H3. The van der Waals surface area contributed by atoms with Crippen LogP contribution in [0.4, 0.5) is 0 Å². The zero-order valence-corrected chi connectivity index (χ0v) is 11.4. The van der Waals surface area contributed by atoms with Crippen LogP contribution in [0.1, 0.15) is 30.1 Å². The number of halogens is 2. The van der Waals surface area contributed by atoms with Gasteiger partial charge in [-0.15, -0.1) is 0 Å². The number of hydrogen-bond acceptors (Lipinski definition) is 2. The number of Topliss-reactive ketones (excluding diaryl/α,β-unsaturated/α-hetero) is 1. The lowest BCUT2D eigenvalue weighted by Crippen LogP contribution is -2.04. The smallest absolute Gasteiger partial charge is 0.189 e. The third kappa shape index (κ3) is 3.02. The Kier molecular flexibility index (Phi) is 5.03. The molecule has 1 rings (SSSR count). The van der Waals surface area contributed by atoms with Gasteiger partial charge >= 0.3 is 0 Å². The molecule has 2 nitrogen and oxygen atoms in total. The number of carbonyl (C=O) groups excluding carboxylic acids is 1. The number of ether oxygens (including phenoxy) is 1.